The van der Waals surface area contributed by atoms with E-state index >= 15 is 0 Å². The van der Waals surface area contributed by atoms with Crippen molar-refractivity contribution in [2.45, 2.75) is 45.8 Å². The van der Waals surface area contributed by atoms with Gasteiger partial charge in [0.25, 0.3) is 0 Å². The summed E-state index contributed by atoms with van der Waals surface area (Å²) in [4.78, 5) is 0. The fourth-order valence-electron chi connectivity index (χ4n) is 2.27. The van der Waals surface area contributed by atoms with Gasteiger partial charge in [-0.25, -0.2) is 0 Å². The number of hydrogen-bond donors (Lipinski definition) is 1. The van der Waals surface area contributed by atoms with Gasteiger partial charge in [-0.15, -0.1) is 0 Å². The van der Waals surface area contributed by atoms with Gasteiger partial charge in [-0.2, -0.15) is 0 Å². The molecule has 0 saturated carbocycles. The van der Waals surface area contributed by atoms with E-state index in [1.165, 1.54) is 13.9 Å². The first kappa shape index (κ1) is 15.8. The molecule has 0 unspecified atom stereocenters. The molecule has 0 saturated heterocycles. The summed E-state index contributed by atoms with van der Waals surface area (Å²) in [6.45, 7) is 15.8. The van der Waals surface area contributed by atoms with Crippen LogP contribution in [0.2, 0.25) is 39.3 Å². The number of hydrogen-bond acceptors (Lipinski definition) is 1. The minimum atomic E-state index is -1.16. The SMILES string of the molecule is C[Si](C)(C)C(=PNCc1ccccc1)[Si](C)(C)C. The standard InChI is InChI=1S/C14H26NPSi2/c1-17(2,3)14(18(4,5)6)16-15-12-13-10-8-7-9-11-13/h7-11,15H,12H2,1-6H3. The van der Waals surface area contributed by atoms with Crippen LogP contribution < -0.4 is 5.09 Å². The summed E-state index contributed by atoms with van der Waals surface area (Å²) in [5.41, 5.74) is 1.37. The van der Waals surface area contributed by atoms with E-state index in [4.69, 9.17) is 0 Å². The Kier molecular flexibility index (Phi) is 5.53. The molecule has 0 aliphatic heterocycles. The first-order valence-corrected chi connectivity index (χ1v) is 14.5. The summed E-state index contributed by atoms with van der Waals surface area (Å²) in [5, 5.41) is 3.62. The van der Waals surface area contributed by atoms with E-state index in [0.29, 0.717) is 0 Å². The molecule has 1 nitrogen and oxygen atoms in total. The van der Waals surface area contributed by atoms with Gasteiger partial charge in [0.15, 0.2) is 0 Å². The molecule has 0 aliphatic rings. The highest BCUT2D eigenvalue weighted by molar-refractivity contribution is 7.61. The number of nitrogens with one attached hydrogen (secondary N) is 1. The summed E-state index contributed by atoms with van der Waals surface area (Å²) in [6.07, 6.45) is 0. The quantitative estimate of drug-likeness (QED) is 0.620. The molecular weight excluding hydrogens is 269 g/mol. The van der Waals surface area contributed by atoms with E-state index in [9.17, 15) is 0 Å². The predicted molar refractivity (Wildman–Crippen MR) is 91.9 cm³/mol. The second-order valence-electron chi connectivity index (χ2n) is 6.78. The Morgan fingerprint density at radius 3 is 1.89 bits per heavy atom. The average Bonchev–Trinajstić information content (AvgIpc) is 2.22. The predicted octanol–water partition coefficient (Wildman–Crippen LogP) is 4.56. The lowest BCUT2D eigenvalue weighted by molar-refractivity contribution is 0.977. The lowest BCUT2D eigenvalue weighted by Gasteiger charge is -2.30. The van der Waals surface area contributed by atoms with Gasteiger partial charge in [0.2, 0.25) is 0 Å². The Balaban J connectivity index is 2.74. The van der Waals surface area contributed by atoms with Gasteiger partial charge in [0.1, 0.15) is 0 Å². The fraction of sp³-hybridized carbons (Fsp3) is 0.500. The monoisotopic (exact) mass is 295 g/mol. The van der Waals surface area contributed by atoms with E-state index in [0.717, 1.165) is 6.54 Å². The molecule has 18 heavy (non-hydrogen) atoms. The fourth-order valence-corrected chi connectivity index (χ4v) is 14.8. The molecule has 0 bridgehead atoms. The molecule has 0 amide bonds. The molecule has 100 valence electrons. The van der Waals surface area contributed by atoms with Crippen molar-refractivity contribution in [3.8, 4) is 0 Å². The van der Waals surface area contributed by atoms with Gasteiger partial charge in [-0.05, 0) is 13.9 Å². The molecule has 0 atom stereocenters. The van der Waals surface area contributed by atoms with E-state index in [1.54, 1.807) is 0 Å². The Morgan fingerprint density at radius 2 is 1.44 bits per heavy atom. The normalized spacial score (nSPS) is 12.8. The van der Waals surface area contributed by atoms with Crippen molar-refractivity contribution in [3.05, 3.63) is 35.9 Å². The van der Waals surface area contributed by atoms with Crippen molar-refractivity contribution >= 4 is 29.0 Å². The van der Waals surface area contributed by atoms with E-state index in [2.05, 4.69) is 74.7 Å². The molecule has 0 heterocycles. The van der Waals surface area contributed by atoms with Crippen LogP contribution in [0.5, 0.6) is 0 Å². The molecule has 4 heteroatoms. The summed E-state index contributed by atoms with van der Waals surface area (Å²) in [5.74, 6) is 0. The third-order valence-corrected chi connectivity index (χ3v) is 15.3. The minimum Gasteiger partial charge on any atom is -0.267 e. The molecule has 1 aromatic rings. The molecule has 0 aliphatic carbocycles. The number of benzene rings is 1. The molecule has 1 aromatic carbocycles. The highest BCUT2D eigenvalue weighted by atomic mass is 31.1. The molecule has 0 aromatic heterocycles. The topological polar surface area (TPSA) is 12.0 Å². The van der Waals surface area contributed by atoms with E-state index in [1.807, 2.05) is 4.54 Å². The van der Waals surface area contributed by atoms with Gasteiger partial charge < -0.3 is 0 Å². The lowest BCUT2D eigenvalue weighted by atomic mass is 10.2. The molecule has 0 radical (unpaired) electrons. The second-order valence-corrected chi connectivity index (χ2v) is 19.1. The van der Waals surface area contributed by atoms with Crippen molar-refractivity contribution in [2.75, 3.05) is 0 Å². The Morgan fingerprint density at radius 1 is 0.944 bits per heavy atom. The van der Waals surface area contributed by atoms with Crippen LogP contribution in [0, 0.1) is 0 Å². The third kappa shape index (κ3) is 5.19. The van der Waals surface area contributed by atoms with Crippen LogP contribution >= 0.6 is 8.35 Å². The van der Waals surface area contributed by atoms with Crippen molar-refractivity contribution < 1.29 is 0 Å². The van der Waals surface area contributed by atoms with Gasteiger partial charge in [-0.3, -0.25) is 5.09 Å². The molecular formula is C14H26NPSi2. The maximum Gasteiger partial charge on any atom is 0.0747 e. The Hall–Kier alpha value is -0.216. The van der Waals surface area contributed by atoms with Crippen LogP contribution in [0.15, 0.2) is 30.3 Å². The van der Waals surface area contributed by atoms with Crippen LogP contribution in [0.25, 0.3) is 0 Å². The van der Waals surface area contributed by atoms with Crippen LogP contribution in [0.1, 0.15) is 5.56 Å². The summed E-state index contributed by atoms with van der Waals surface area (Å²) < 4.78 is 1.82. The molecule has 0 fully saturated rings. The first-order chi connectivity index (χ1) is 8.21. The third-order valence-electron chi connectivity index (χ3n) is 2.74. The Bertz CT molecular complexity index is 386. The summed E-state index contributed by atoms with van der Waals surface area (Å²) in [7, 11) is -0.932. The van der Waals surface area contributed by atoms with Crippen molar-refractivity contribution in [3.63, 3.8) is 0 Å². The Labute approximate surface area is 116 Å². The zero-order chi connectivity index (χ0) is 13.8. The van der Waals surface area contributed by atoms with Crippen LogP contribution in [0.3, 0.4) is 0 Å². The summed E-state index contributed by atoms with van der Waals surface area (Å²) >= 11 is 0. The van der Waals surface area contributed by atoms with Crippen molar-refractivity contribution in [1.82, 2.24) is 5.09 Å². The highest BCUT2D eigenvalue weighted by Gasteiger charge is 2.31. The van der Waals surface area contributed by atoms with Gasteiger partial charge in [0, 0.05) is 6.54 Å². The molecule has 0 spiro atoms. The second kappa shape index (κ2) is 6.29. The van der Waals surface area contributed by atoms with Crippen LogP contribution in [-0.2, 0) is 6.54 Å². The zero-order valence-corrected chi connectivity index (χ0v) is 15.4. The zero-order valence-electron chi connectivity index (χ0n) is 12.5. The molecule has 1 rings (SSSR count). The van der Waals surface area contributed by atoms with Crippen molar-refractivity contribution in [2.24, 2.45) is 0 Å². The molecule has 1 N–H and O–H groups in total. The average molecular weight is 296 g/mol. The van der Waals surface area contributed by atoms with Gasteiger partial charge in [0.05, 0.1) is 16.1 Å². The van der Waals surface area contributed by atoms with Gasteiger partial charge in [-0.1, -0.05) is 74.2 Å². The van der Waals surface area contributed by atoms with Crippen LogP contribution in [-0.4, -0.2) is 20.7 Å². The van der Waals surface area contributed by atoms with E-state index in [-0.39, 0.29) is 0 Å². The first-order valence-electron chi connectivity index (χ1n) is 6.57. The largest absolute Gasteiger partial charge is 0.267 e. The number of rotatable bonds is 5. The highest BCUT2D eigenvalue weighted by Crippen LogP contribution is 2.20. The van der Waals surface area contributed by atoms with Crippen LogP contribution in [0.4, 0.5) is 0 Å². The minimum absolute atomic E-state index is 0.973. The smallest absolute Gasteiger partial charge is 0.0747 e. The summed E-state index contributed by atoms with van der Waals surface area (Å²) in [6, 6.07) is 10.7. The maximum atomic E-state index is 3.62. The van der Waals surface area contributed by atoms with Gasteiger partial charge >= 0.3 is 0 Å². The van der Waals surface area contributed by atoms with E-state index < -0.39 is 16.1 Å². The lowest BCUT2D eigenvalue weighted by Crippen LogP contribution is -2.48. The maximum absolute atomic E-state index is 3.62. The van der Waals surface area contributed by atoms with Crippen molar-refractivity contribution in [1.29, 1.82) is 0 Å².